The van der Waals surface area contributed by atoms with E-state index in [1.807, 2.05) is 38.1 Å². The third-order valence-electron chi connectivity index (χ3n) is 3.78. The van der Waals surface area contributed by atoms with Crippen LogP contribution >= 0.6 is 0 Å². The number of carbonyl (C=O) groups is 2. The molecule has 0 heterocycles. The van der Waals surface area contributed by atoms with Crippen molar-refractivity contribution in [3.8, 4) is 0 Å². The molecule has 0 bridgehead atoms. The highest BCUT2D eigenvalue weighted by atomic mass is 16.5. The lowest BCUT2D eigenvalue weighted by Crippen LogP contribution is -2.35. The summed E-state index contributed by atoms with van der Waals surface area (Å²) in [5.41, 5.74) is 1.44. The Morgan fingerprint density at radius 1 is 1.08 bits per heavy atom. The highest BCUT2D eigenvalue weighted by Crippen LogP contribution is 2.13. The molecule has 134 valence electrons. The van der Waals surface area contributed by atoms with E-state index in [-0.39, 0.29) is 18.6 Å². The molecule has 0 aromatic heterocycles. The Kier molecular flexibility index (Phi) is 8.30. The van der Waals surface area contributed by atoms with E-state index in [4.69, 9.17) is 4.74 Å². The fraction of sp³-hybridized carbons (Fsp3) is 0.579. The van der Waals surface area contributed by atoms with Crippen LogP contribution in [0, 0.1) is 5.92 Å². The molecule has 1 rings (SSSR count). The molecule has 5 heteroatoms. The molecule has 1 aromatic carbocycles. The topological polar surface area (TPSA) is 58.6 Å². The lowest BCUT2D eigenvalue weighted by Gasteiger charge is -2.15. The molecule has 0 spiro atoms. The summed E-state index contributed by atoms with van der Waals surface area (Å²) in [5, 5.41) is 2.86. The Labute approximate surface area is 145 Å². The second-order valence-corrected chi connectivity index (χ2v) is 6.81. The minimum absolute atomic E-state index is 0.0920. The molecule has 0 saturated heterocycles. The fourth-order valence-electron chi connectivity index (χ4n) is 2.33. The molecule has 0 aliphatic heterocycles. The Morgan fingerprint density at radius 2 is 1.71 bits per heavy atom. The molecule has 24 heavy (non-hydrogen) atoms. The summed E-state index contributed by atoms with van der Waals surface area (Å²) in [4.78, 5) is 25.7. The first kappa shape index (κ1) is 20.0. The highest BCUT2D eigenvalue weighted by molar-refractivity contribution is 5.91. The second kappa shape index (κ2) is 9.96. The quantitative estimate of drug-likeness (QED) is 0.704. The Bertz CT molecular complexity index is 524. The van der Waals surface area contributed by atoms with Crippen LogP contribution in [0.5, 0.6) is 0 Å². The van der Waals surface area contributed by atoms with Gasteiger partial charge in [0.2, 0.25) is 0 Å². The van der Waals surface area contributed by atoms with E-state index in [0.29, 0.717) is 11.5 Å². The number of nitrogens with one attached hydrogen (secondary N) is 1. The normalized spacial score (nSPS) is 11.9. The Balaban J connectivity index is 2.34. The van der Waals surface area contributed by atoms with Crippen LogP contribution in [0.25, 0.3) is 0 Å². The van der Waals surface area contributed by atoms with E-state index >= 15 is 0 Å². The molecule has 5 nitrogen and oxygen atoms in total. The summed E-state index contributed by atoms with van der Waals surface area (Å²) in [6.07, 6.45) is 3.17. The average Bonchev–Trinajstić information content (AvgIpc) is 2.52. The molecular formula is C19H30N2O3. The second-order valence-electron chi connectivity index (χ2n) is 6.81. The lowest BCUT2D eigenvalue weighted by atomic mass is 10.0. The van der Waals surface area contributed by atoms with Crippen LogP contribution in [0.15, 0.2) is 24.3 Å². The number of anilines is 1. The standard InChI is InChI=1S/C19H30N2O3/c1-14(2)7-6-8-15(3)20-18(22)13-24-19(23)16-9-11-17(12-10-16)21(4)5/h9-12,14-15H,6-8,13H2,1-5H3,(H,20,22)/t15-/m0/s1. The molecule has 0 saturated carbocycles. The van der Waals surface area contributed by atoms with Crippen LogP contribution in [0.2, 0.25) is 0 Å². The molecular weight excluding hydrogens is 304 g/mol. The molecule has 1 aromatic rings. The van der Waals surface area contributed by atoms with Crippen LogP contribution in [0.3, 0.4) is 0 Å². The van der Waals surface area contributed by atoms with Gasteiger partial charge in [-0.2, -0.15) is 0 Å². The predicted octanol–water partition coefficient (Wildman–Crippen LogP) is 3.24. The monoisotopic (exact) mass is 334 g/mol. The zero-order valence-electron chi connectivity index (χ0n) is 15.5. The minimum atomic E-state index is -0.483. The number of esters is 1. The SMILES string of the molecule is CC(C)CCC[C@H](C)NC(=O)COC(=O)c1ccc(N(C)C)cc1. The third kappa shape index (κ3) is 7.49. The number of nitrogens with zero attached hydrogens (tertiary/aromatic N) is 1. The van der Waals surface area contributed by atoms with Gasteiger partial charge in [0, 0.05) is 25.8 Å². The van der Waals surface area contributed by atoms with Gasteiger partial charge in [-0.05, 0) is 43.5 Å². The van der Waals surface area contributed by atoms with Crippen LogP contribution < -0.4 is 10.2 Å². The molecule has 1 N–H and O–H groups in total. The molecule has 0 unspecified atom stereocenters. The summed E-state index contributed by atoms with van der Waals surface area (Å²) < 4.78 is 5.07. The summed E-state index contributed by atoms with van der Waals surface area (Å²) in [7, 11) is 3.86. The first-order chi connectivity index (χ1) is 11.3. The van der Waals surface area contributed by atoms with Crippen LogP contribution in [-0.4, -0.2) is 38.6 Å². The third-order valence-corrected chi connectivity index (χ3v) is 3.78. The number of ether oxygens (including phenoxy) is 1. The van der Waals surface area contributed by atoms with Gasteiger partial charge in [0.25, 0.3) is 5.91 Å². The van der Waals surface area contributed by atoms with Gasteiger partial charge < -0.3 is 15.0 Å². The van der Waals surface area contributed by atoms with Crippen molar-refractivity contribution in [3.05, 3.63) is 29.8 Å². The first-order valence-corrected chi connectivity index (χ1v) is 8.53. The van der Waals surface area contributed by atoms with Crippen molar-refractivity contribution in [3.63, 3.8) is 0 Å². The molecule has 0 radical (unpaired) electrons. The van der Waals surface area contributed by atoms with Gasteiger partial charge in [0.15, 0.2) is 6.61 Å². The van der Waals surface area contributed by atoms with Crippen molar-refractivity contribution < 1.29 is 14.3 Å². The minimum Gasteiger partial charge on any atom is -0.452 e. The number of rotatable bonds is 9. The van der Waals surface area contributed by atoms with Crippen molar-refractivity contribution in [1.82, 2.24) is 5.32 Å². The number of carbonyl (C=O) groups excluding carboxylic acids is 2. The van der Waals surface area contributed by atoms with Gasteiger partial charge in [-0.1, -0.05) is 26.7 Å². The largest absolute Gasteiger partial charge is 0.452 e. The van der Waals surface area contributed by atoms with Gasteiger partial charge in [0.05, 0.1) is 5.56 Å². The maximum absolute atomic E-state index is 11.9. The number of amides is 1. The molecule has 0 aliphatic rings. The van der Waals surface area contributed by atoms with E-state index in [1.54, 1.807) is 12.1 Å². The predicted molar refractivity (Wildman–Crippen MR) is 97.3 cm³/mol. The molecule has 0 fully saturated rings. The van der Waals surface area contributed by atoms with Gasteiger partial charge in [-0.25, -0.2) is 4.79 Å². The van der Waals surface area contributed by atoms with Gasteiger partial charge in [0.1, 0.15) is 0 Å². The maximum Gasteiger partial charge on any atom is 0.338 e. The summed E-state index contributed by atoms with van der Waals surface area (Å²) in [6.45, 7) is 6.10. The molecule has 0 aliphatic carbocycles. The van der Waals surface area contributed by atoms with E-state index in [2.05, 4.69) is 19.2 Å². The van der Waals surface area contributed by atoms with Crippen LogP contribution in [0.4, 0.5) is 5.69 Å². The average molecular weight is 334 g/mol. The fourth-order valence-corrected chi connectivity index (χ4v) is 2.33. The number of hydrogen-bond acceptors (Lipinski definition) is 4. The van der Waals surface area contributed by atoms with Crippen molar-refractivity contribution in [2.24, 2.45) is 5.92 Å². The van der Waals surface area contributed by atoms with Crippen molar-refractivity contribution >= 4 is 17.6 Å². The van der Waals surface area contributed by atoms with E-state index < -0.39 is 5.97 Å². The van der Waals surface area contributed by atoms with Crippen molar-refractivity contribution in [1.29, 1.82) is 0 Å². The number of hydrogen-bond donors (Lipinski definition) is 1. The zero-order valence-corrected chi connectivity index (χ0v) is 15.5. The first-order valence-electron chi connectivity index (χ1n) is 8.53. The van der Waals surface area contributed by atoms with Crippen molar-refractivity contribution in [2.75, 3.05) is 25.6 Å². The Morgan fingerprint density at radius 3 is 2.25 bits per heavy atom. The van der Waals surface area contributed by atoms with Gasteiger partial charge in [-0.15, -0.1) is 0 Å². The van der Waals surface area contributed by atoms with Crippen LogP contribution in [0.1, 0.15) is 50.4 Å². The van der Waals surface area contributed by atoms with Gasteiger partial charge >= 0.3 is 5.97 Å². The van der Waals surface area contributed by atoms with Crippen molar-refractivity contribution in [2.45, 2.75) is 46.1 Å². The number of benzene rings is 1. The van der Waals surface area contributed by atoms with E-state index in [0.717, 1.165) is 24.9 Å². The van der Waals surface area contributed by atoms with E-state index in [9.17, 15) is 9.59 Å². The zero-order chi connectivity index (χ0) is 18.1. The summed E-state index contributed by atoms with van der Waals surface area (Å²) in [6, 6.07) is 7.17. The molecule has 1 atom stereocenters. The highest BCUT2D eigenvalue weighted by Gasteiger charge is 2.12. The Hall–Kier alpha value is -2.04. The smallest absolute Gasteiger partial charge is 0.338 e. The maximum atomic E-state index is 11.9. The lowest BCUT2D eigenvalue weighted by molar-refractivity contribution is -0.124. The van der Waals surface area contributed by atoms with Crippen LogP contribution in [-0.2, 0) is 9.53 Å². The summed E-state index contributed by atoms with van der Waals surface area (Å²) in [5.74, 6) is -0.0685. The molecule has 1 amide bonds. The van der Waals surface area contributed by atoms with Gasteiger partial charge in [-0.3, -0.25) is 4.79 Å². The summed E-state index contributed by atoms with van der Waals surface area (Å²) >= 11 is 0. The van der Waals surface area contributed by atoms with E-state index in [1.165, 1.54) is 0 Å².